The summed E-state index contributed by atoms with van der Waals surface area (Å²) in [5.41, 5.74) is 1.60. The molecule has 0 radical (unpaired) electrons. The third-order valence-electron chi connectivity index (χ3n) is 2.92. The molecular formula is C17H23ClN2O5S. The van der Waals surface area contributed by atoms with Gasteiger partial charge in [0.2, 0.25) is 0 Å². The fourth-order valence-corrected chi connectivity index (χ4v) is 2.45. The van der Waals surface area contributed by atoms with Crippen LogP contribution in [0.2, 0.25) is 5.02 Å². The van der Waals surface area contributed by atoms with E-state index in [-0.39, 0.29) is 5.56 Å². The smallest absolute Gasteiger partial charge is 0.408 e. The summed E-state index contributed by atoms with van der Waals surface area (Å²) in [6.07, 6.45) is 1.46. The van der Waals surface area contributed by atoms with Crippen molar-refractivity contribution >= 4 is 41.3 Å². The molecule has 26 heavy (non-hydrogen) atoms. The Hall–Kier alpha value is -1.93. The van der Waals surface area contributed by atoms with Crippen LogP contribution in [0, 0.1) is 0 Å². The predicted molar refractivity (Wildman–Crippen MR) is 101 cm³/mol. The van der Waals surface area contributed by atoms with E-state index in [9.17, 15) is 14.4 Å². The van der Waals surface area contributed by atoms with Crippen molar-refractivity contribution in [1.29, 1.82) is 0 Å². The third kappa shape index (κ3) is 8.44. The number of hydrogen-bond acceptors (Lipinski definition) is 6. The largest absolute Gasteiger partial charge is 0.444 e. The van der Waals surface area contributed by atoms with E-state index in [1.165, 1.54) is 23.9 Å². The molecule has 0 saturated heterocycles. The monoisotopic (exact) mass is 402 g/mol. The fraction of sp³-hybridized carbons (Fsp3) is 0.471. The second-order valence-corrected chi connectivity index (χ2v) is 7.76. The summed E-state index contributed by atoms with van der Waals surface area (Å²) in [6, 6.07) is 5.24. The zero-order chi connectivity index (χ0) is 19.7. The molecule has 0 aliphatic carbocycles. The van der Waals surface area contributed by atoms with Crippen molar-refractivity contribution in [3.05, 3.63) is 34.9 Å². The summed E-state index contributed by atoms with van der Waals surface area (Å²) in [7, 11) is 0. The molecule has 1 aromatic rings. The van der Waals surface area contributed by atoms with Crippen LogP contribution in [0.15, 0.2) is 24.3 Å². The normalized spacial score (nSPS) is 12.0. The molecule has 0 saturated carbocycles. The lowest BCUT2D eigenvalue weighted by molar-refractivity contribution is -0.151. The number of carbonyl (C=O) groups is 3. The first-order valence-corrected chi connectivity index (χ1v) is 9.64. The van der Waals surface area contributed by atoms with Gasteiger partial charge in [-0.15, -0.1) is 0 Å². The predicted octanol–water partition coefficient (Wildman–Crippen LogP) is 3.17. The third-order valence-corrected chi connectivity index (χ3v) is 3.80. The number of amides is 2. The van der Waals surface area contributed by atoms with E-state index in [1.807, 2.05) is 6.26 Å². The maximum Gasteiger partial charge on any atom is 0.408 e. The number of ether oxygens (including phenoxy) is 1. The minimum atomic E-state index is -0.947. The molecule has 0 aliphatic heterocycles. The Bertz CT molecular complexity index is 648. The van der Waals surface area contributed by atoms with Gasteiger partial charge >= 0.3 is 12.1 Å². The molecule has 9 heteroatoms. The SMILES string of the molecule is CSCC[C@H](NC(=O)OC(C)(C)C)C(=O)ONC(=O)c1cccc(Cl)c1. The number of alkyl carbamates (subject to hydrolysis) is 1. The van der Waals surface area contributed by atoms with Gasteiger partial charge in [-0.2, -0.15) is 17.2 Å². The average Bonchev–Trinajstić information content (AvgIpc) is 2.54. The van der Waals surface area contributed by atoms with E-state index in [0.29, 0.717) is 17.2 Å². The molecule has 1 aromatic carbocycles. The molecule has 0 bridgehead atoms. The molecular weight excluding hydrogens is 380 g/mol. The Morgan fingerprint density at radius 3 is 2.54 bits per heavy atom. The number of carbonyl (C=O) groups excluding carboxylic acids is 3. The maximum absolute atomic E-state index is 12.2. The summed E-state index contributed by atoms with van der Waals surface area (Å²) in [6.45, 7) is 5.15. The summed E-state index contributed by atoms with van der Waals surface area (Å²) >= 11 is 7.33. The number of rotatable bonds is 6. The van der Waals surface area contributed by atoms with Crippen molar-refractivity contribution in [2.75, 3.05) is 12.0 Å². The van der Waals surface area contributed by atoms with Crippen LogP contribution in [0.3, 0.4) is 0 Å². The number of nitrogens with one attached hydrogen (secondary N) is 2. The highest BCUT2D eigenvalue weighted by Gasteiger charge is 2.26. The van der Waals surface area contributed by atoms with Crippen molar-refractivity contribution in [2.24, 2.45) is 0 Å². The van der Waals surface area contributed by atoms with Gasteiger partial charge in [-0.05, 0) is 57.4 Å². The molecule has 0 unspecified atom stereocenters. The summed E-state index contributed by atoms with van der Waals surface area (Å²) in [5.74, 6) is -0.806. The van der Waals surface area contributed by atoms with E-state index >= 15 is 0 Å². The topological polar surface area (TPSA) is 93.7 Å². The van der Waals surface area contributed by atoms with Gasteiger partial charge in [-0.25, -0.2) is 9.59 Å². The Kier molecular flexibility index (Phi) is 8.74. The Morgan fingerprint density at radius 1 is 1.27 bits per heavy atom. The number of thioether (sulfide) groups is 1. The zero-order valence-corrected chi connectivity index (χ0v) is 16.7. The number of hydrogen-bond donors (Lipinski definition) is 2. The molecule has 0 spiro atoms. The van der Waals surface area contributed by atoms with Crippen molar-refractivity contribution in [2.45, 2.75) is 38.8 Å². The van der Waals surface area contributed by atoms with Crippen LogP contribution >= 0.6 is 23.4 Å². The number of benzene rings is 1. The first kappa shape index (κ1) is 22.1. The first-order valence-electron chi connectivity index (χ1n) is 7.87. The van der Waals surface area contributed by atoms with Crippen LogP contribution in [0.1, 0.15) is 37.6 Å². The molecule has 1 atom stereocenters. The van der Waals surface area contributed by atoms with Gasteiger partial charge in [0.25, 0.3) is 5.91 Å². The molecule has 144 valence electrons. The highest BCUT2D eigenvalue weighted by Crippen LogP contribution is 2.11. The van der Waals surface area contributed by atoms with Gasteiger partial charge in [-0.1, -0.05) is 17.7 Å². The molecule has 7 nitrogen and oxygen atoms in total. The molecule has 0 heterocycles. The second-order valence-electron chi connectivity index (χ2n) is 6.34. The molecule has 2 amide bonds. The maximum atomic E-state index is 12.2. The van der Waals surface area contributed by atoms with Crippen molar-refractivity contribution in [1.82, 2.24) is 10.8 Å². The van der Waals surface area contributed by atoms with E-state index < -0.39 is 29.6 Å². The van der Waals surface area contributed by atoms with E-state index in [4.69, 9.17) is 21.2 Å². The highest BCUT2D eigenvalue weighted by molar-refractivity contribution is 7.98. The van der Waals surface area contributed by atoms with Gasteiger partial charge in [0.1, 0.15) is 11.6 Å². The average molecular weight is 403 g/mol. The summed E-state index contributed by atoms with van der Waals surface area (Å²) in [4.78, 5) is 40.9. The van der Waals surface area contributed by atoms with Crippen molar-refractivity contribution in [3.63, 3.8) is 0 Å². The standard InChI is InChI=1S/C17H23ClN2O5S/c1-17(2,3)24-16(23)19-13(8-9-26-4)15(22)25-20-14(21)11-6-5-7-12(18)10-11/h5-7,10,13H,8-9H2,1-4H3,(H,19,23)(H,20,21)/t13-/m0/s1. The number of hydroxylamine groups is 1. The van der Waals surface area contributed by atoms with E-state index in [1.54, 1.807) is 32.9 Å². The fourth-order valence-electron chi connectivity index (χ4n) is 1.79. The Balaban J connectivity index is 2.64. The summed E-state index contributed by atoms with van der Waals surface area (Å²) < 4.78 is 5.14. The van der Waals surface area contributed by atoms with Crippen LogP contribution in [-0.2, 0) is 14.4 Å². The molecule has 1 rings (SSSR count). The Labute approximate surface area is 162 Å². The van der Waals surface area contributed by atoms with Gasteiger partial charge in [0.15, 0.2) is 0 Å². The molecule has 0 aromatic heterocycles. The lowest BCUT2D eigenvalue weighted by Crippen LogP contribution is -2.46. The highest BCUT2D eigenvalue weighted by atomic mass is 35.5. The van der Waals surface area contributed by atoms with Gasteiger partial charge in [0.05, 0.1) is 0 Å². The molecule has 0 aliphatic rings. The van der Waals surface area contributed by atoms with E-state index in [0.717, 1.165) is 0 Å². The van der Waals surface area contributed by atoms with Crippen LogP contribution in [0.25, 0.3) is 0 Å². The lowest BCUT2D eigenvalue weighted by atomic mass is 10.2. The number of halogens is 1. The first-order chi connectivity index (χ1) is 12.1. The minimum absolute atomic E-state index is 0.242. The zero-order valence-electron chi connectivity index (χ0n) is 15.1. The quantitative estimate of drug-likeness (QED) is 0.710. The van der Waals surface area contributed by atoms with Crippen LogP contribution in [0.5, 0.6) is 0 Å². The van der Waals surface area contributed by atoms with Gasteiger partial charge < -0.3 is 14.9 Å². The van der Waals surface area contributed by atoms with Gasteiger partial charge in [-0.3, -0.25) is 4.79 Å². The van der Waals surface area contributed by atoms with Crippen LogP contribution in [0.4, 0.5) is 4.79 Å². The minimum Gasteiger partial charge on any atom is -0.444 e. The van der Waals surface area contributed by atoms with Crippen molar-refractivity contribution < 1.29 is 24.0 Å². The van der Waals surface area contributed by atoms with Crippen LogP contribution < -0.4 is 10.8 Å². The second kappa shape index (κ2) is 10.3. The van der Waals surface area contributed by atoms with Crippen molar-refractivity contribution in [3.8, 4) is 0 Å². The summed E-state index contributed by atoms with van der Waals surface area (Å²) in [5, 5.41) is 2.84. The Morgan fingerprint density at radius 2 is 1.96 bits per heavy atom. The van der Waals surface area contributed by atoms with E-state index in [2.05, 4.69) is 10.8 Å². The van der Waals surface area contributed by atoms with Crippen LogP contribution in [-0.4, -0.2) is 41.6 Å². The molecule has 0 fully saturated rings. The molecule has 2 N–H and O–H groups in total. The van der Waals surface area contributed by atoms with Gasteiger partial charge in [0, 0.05) is 10.6 Å². The lowest BCUT2D eigenvalue weighted by Gasteiger charge is -2.22.